The number of rotatable bonds is 5. The maximum absolute atomic E-state index is 12.3. The molecule has 0 aliphatic carbocycles. The minimum atomic E-state index is 0.00662. The van der Waals surface area contributed by atoms with Gasteiger partial charge in [0, 0.05) is 18.3 Å². The zero-order chi connectivity index (χ0) is 13.9. The van der Waals surface area contributed by atoms with Crippen LogP contribution in [0.15, 0.2) is 12.7 Å². The van der Waals surface area contributed by atoms with E-state index in [0.29, 0.717) is 6.54 Å². The molecular weight excluding hydrogens is 224 g/mol. The number of hydrogen-bond acceptors (Lipinski definition) is 1. The van der Waals surface area contributed by atoms with Crippen molar-refractivity contribution in [3.8, 4) is 0 Å². The van der Waals surface area contributed by atoms with Crippen LogP contribution in [0.3, 0.4) is 0 Å². The lowest BCUT2D eigenvalue weighted by Gasteiger charge is -2.12. The molecule has 100 valence electrons. The van der Waals surface area contributed by atoms with Crippen molar-refractivity contribution in [2.45, 2.75) is 53.6 Å². The molecule has 0 saturated heterocycles. The molecule has 0 atom stereocenters. The van der Waals surface area contributed by atoms with Crippen LogP contribution in [0.1, 0.15) is 48.1 Å². The van der Waals surface area contributed by atoms with Gasteiger partial charge in [-0.05, 0) is 45.2 Å². The average molecular weight is 248 g/mol. The van der Waals surface area contributed by atoms with Crippen molar-refractivity contribution in [1.82, 2.24) is 9.88 Å². The lowest BCUT2D eigenvalue weighted by molar-refractivity contribution is 0.0933. The molecule has 0 saturated carbocycles. The minimum absolute atomic E-state index is 0.00662. The molecule has 1 aromatic rings. The molecule has 0 unspecified atom stereocenters. The third kappa shape index (κ3) is 2.66. The predicted molar refractivity (Wildman–Crippen MR) is 76.1 cm³/mol. The number of amides is 1. The van der Waals surface area contributed by atoms with Crippen LogP contribution in [-0.2, 0) is 13.0 Å². The van der Waals surface area contributed by atoms with Gasteiger partial charge in [-0.15, -0.1) is 6.58 Å². The summed E-state index contributed by atoms with van der Waals surface area (Å²) in [5.41, 5.74) is 4.31. The second-order valence-corrected chi connectivity index (χ2v) is 4.92. The standard InChI is InChI=1S/C15H24N2O/c1-7-9-17-12(6)13(8-2)11(5)14(17)15(18)16-10(3)4/h7,10H,1,8-9H2,2-6H3,(H,16,18). The summed E-state index contributed by atoms with van der Waals surface area (Å²) in [5.74, 6) is 0.00662. The Labute approximate surface area is 110 Å². The van der Waals surface area contributed by atoms with Crippen molar-refractivity contribution < 1.29 is 4.79 Å². The number of carbonyl (C=O) groups is 1. The highest BCUT2D eigenvalue weighted by molar-refractivity contribution is 5.95. The Morgan fingerprint density at radius 1 is 1.44 bits per heavy atom. The van der Waals surface area contributed by atoms with Gasteiger partial charge in [-0.3, -0.25) is 4.79 Å². The van der Waals surface area contributed by atoms with Crippen molar-refractivity contribution in [2.24, 2.45) is 0 Å². The zero-order valence-corrected chi connectivity index (χ0v) is 12.1. The second-order valence-electron chi connectivity index (χ2n) is 4.92. The third-order valence-corrected chi connectivity index (χ3v) is 3.22. The van der Waals surface area contributed by atoms with Crippen molar-refractivity contribution in [1.29, 1.82) is 0 Å². The van der Waals surface area contributed by atoms with Crippen LogP contribution in [0.25, 0.3) is 0 Å². The number of hydrogen-bond donors (Lipinski definition) is 1. The SMILES string of the molecule is C=CCn1c(C)c(CC)c(C)c1C(=O)NC(C)C. The number of nitrogens with zero attached hydrogens (tertiary/aromatic N) is 1. The van der Waals surface area contributed by atoms with Crippen LogP contribution in [0.5, 0.6) is 0 Å². The molecule has 1 heterocycles. The quantitative estimate of drug-likeness (QED) is 0.799. The first kappa shape index (κ1) is 14.6. The Kier molecular flexibility index (Phi) is 4.76. The van der Waals surface area contributed by atoms with Gasteiger partial charge in [0.1, 0.15) is 5.69 Å². The van der Waals surface area contributed by atoms with Gasteiger partial charge in [0.25, 0.3) is 5.91 Å². The van der Waals surface area contributed by atoms with E-state index >= 15 is 0 Å². The summed E-state index contributed by atoms with van der Waals surface area (Å²) in [4.78, 5) is 12.3. The molecule has 1 rings (SSSR count). The molecular formula is C15H24N2O. The van der Waals surface area contributed by atoms with E-state index in [4.69, 9.17) is 0 Å². The lowest BCUT2D eigenvalue weighted by Crippen LogP contribution is -2.32. The number of aromatic nitrogens is 1. The maximum Gasteiger partial charge on any atom is 0.268 e. The smallest absolute Gasteiger partial charge is 0.268 e. The van der Waals surface area contributed by atoms with Crippen molar-refractivity contribution >= 4 is 5.91 Å². The highest BCUT2D eigenvalue weighted by atomic mass is 16.2. The highest BCUT2D eigenvalue weighted by Gasteiger charge is 2.21. The van der Waals surface area contributed by atoms with Crippen LogP contribution in [-0.4, -0.2) is 16.5 Å². The first-order chi connectivity index (χ1) is 8.43. The molecule has 3 nitrogen and oxygen atoms in total. The van der Waals surface area contributed by atoms with Gasteiger partial charge in [0.2, 0.25) is 0 Å². The molecule has 1 aromatic heterocycles. The molecule has 1 amide bonds. The summed E-state index contributed by atoms with van der Waals surface area (Å²) in [6.07, 6.45) is 2.78. The first-order valence-corrected chi connectivity index (χ1v) is 6.54. The molecule has 18 heavy (non-hydrogen) atoms. The number of allylic oxidation sites excluding steroid dienone is 1. The van der Waals surface area contributed by atoms with Crippen molar-refractivity contribution in [3.05, 3.63) is 35.2 Å². The van der Waals surface area contributed by atoms with E-state index in [-0.39, 0.29) is 11.9 Å². The summed E-state index contributed by atoms with van der Waals surface area (Å²) in [6, 6.07) is 0.148. The maximum atomic E-state index is 12.3. The predicted octanol–water partition coefficient (Wildman–Crippen LogP) is 2.99. The minimum Gasteiger partial charge on any atom is -0.349 e. The molecule has 0 aromatic carbocycles. The third-order valence-electron chi connectivity index (χ3n) is 3.22. The molecule has 3 heteroatoms. The summed E-state index contributed by atoms with van der Waals surface area (Å²) >= 11 is 0. The van der Waals surface area contributed by atoms with E-state index in [1.54, 1.807) is 0 Å². The summed E-state index contributed by atoms with van der Waals surface area (Å²) in [7, 11) is 0. The molecule has 0 bridgehead atoms. The average Bonchev–Trinajstić information content (AvgIpc) is 2.50. The van der Waals surface area contributed by atoms with Crippen LogP contribution in [0, 0.1) is 13.8 Å². The zero-order valence-electron chi connectivity index (χ0n) is 12.1. The Balaban J connectivity index is 3.31. The lowest BCUT2D eigenvalue weighted by atomic mass is 10.1. The Bertz CT molecular complexity index is 456. The van der Waals surface area contributed by atoms with E-state index in [2.05, 4.69) is 30.3 Å². The van der Waals surface area contributed by atoms with Gasteiger partial charge in [-0.2, -0.15) is 0 Å². The van der Waals surface area contributed by atoms with E-state index < -0.39 is 0 Å². The van der Waals surface area contributed by atoms with Crippen LogP contribution in [0.2, 0.25) is 0 Å². The fourth-order valence-corrected chi connectivity index (χ4v) is 2.45. The number of carbonyl (C=O) groups excluding carboxylic acids is 1. The van der Waals surface area contributed by atoms with Crippen LogP contribution >= 0.6 is 0 Å². The summed E-state index contributed by atoms with van der Waals surface area (Å²) in [5, 5.41) is 2.97. The van der Waals surface area contributed by atoms with Gasteiger partial charge in [0.15, 0.2) is 0 Å². The van der Waals surface area contributed by atoms with Gasteiger partial charge < -0.3 is 9.88 Å². The van der Waals surface area contributed by atoms with Crippen molar-refractivity contribution in [3.63, 3.8) is 0 Å². The molecule has 0 aliphatic heterocycles. The Morgan fingerprint density at radius 2 is 2.06 bits per heavy atom. The topological polar surface area (TPSA) is 34.0 Å². The van der Waals surface area contributed by atoms with E-state index in [9.17, 15) is 4.79 Å². The van der Waals surface area contributed by atoms with Gasteiger partial charge in [-0.1, -0.05) is 13.0 Å². The summed E-state index contributed by atoms with van der Waals surface area (Å²) < 4.78 is 2.05. The van der Waals surface area contributed by atoms with Gasteiger partial charge >= 0.3 is 0 Å². The monoisotopic (exact) mass is 248 g/mol. The molecule has 1 N–H and O–H groups in total. The summed E-state index contributed by atoms with van der Waals surface area (Å²) in [6.45, 7) is 14.6. The first-order valence-electron chi connectivity index (χ1n) is 6.54. The van der Waals surface area contributed by atoms with Crippen LogP contribution in [0.4, 0.5) is 0 Å². The highest BCUT2D eigenvalue weighted by Crippen LogP contribution is 2.23. The van der Waals surface area contributed by atoms with E-state index in [1.165, 1.54) is 11.3 Å². The second kappa shape index (κ2) is 5.89. The van der Waals surface area contributed by atoms with Gasteiger partial charge in [0.05, 0.1) is 0 Å². The normalized spacial score (nSPS) is 10.8. The Morgan fingerprint density at radius 3 is 2.50 bits per heavy atom. The van der Waals surface area contributed by atoms with Crippen LogP contribution < -0.4 is 5.32 Å². The fraction of sp³-hybridized carbons (Fsp3) is 0.533. The molecule has 0 fully saturated rings. The molecule has 0 radical (unpaired) electrons. The number of nitrogens with one attached hydrogen (secondary N) is 1. The van der Waals surface area contributed by atoms with Crippen molar-refractivity contribution in [2.75, 3.05) is 0 Å². The largest absolute Gasteiger partial charge is 0.349 e. The molecule has 0 aliphatic rings. The molecule has 0 spiro atoms. The Hall–Kier alpha value is -1.51. The van der Waals surface area contributed by atoms with Gasteiger partial charge in [-0.25, -0.2) is 0 Å². The van der Waals surface area contributed by atoms with E-state index in [1.807, 2.05) is 26.8 Å². The van der Waals surface area contributed by atoms with E-state index in [0.717, 1.165) is 17.7 Å². The fourth-order valence-electron chi connectivity index (χ4n) is 2.45.